The Kier molecular flexibility index (Phi) is 4.38. The molecule has 5 nitrogen and oxygen atoms in total. The standard InChI is InChI=1S/C12H14BrN3O2S/c1-2-11-14-8-12(16-11)19(17,18)15-7-9-5-3-4-6-10(9)13/h3-6,8,15H,2,7H2,1H3,(H,14,16). The van der Waals surface area contributed by atoms with Gasteiger partial charge in [-0.05, 0) is 11.6 Å². The number of halogens is 1. The van der Waals surface area contributed by atoms with Gasteiger partial charge in [0.05, 0.1) is 6.20 Å². The van der Waals surface area contributed by atoms with Crippen molar-refractivity contribution in [1.82, 2.24) is 14.7 Å². The Balaban J connectivity index is 2.12. The van der Waals surface area contributed by atoms with Gasteiger partial charge in [-0.15, -0.1) is 0 Å². The van der Waals surface area contributed by atoms with Crippen molar-refractivity contribution in [3.63, 3.8) is 0 Å². The van der Waals surface area contributed by atoms with Gasteiger partial charge in [-0.25, -0.2) is 18.1 Å². The van der Waals surface area contributed by atoms with Crippen LogP contribution in [0.5, 0.6) is 0 Å². The molecular formula is C12H14BrN3O2S. The van der Waals surface area contributed by atoms with Crippen molar-refractivity contribution in [2.24, 2.45) is 0 Å². The van der Waals surface area contributed by atoms with Crippen LogP contribution in [0.3, 0.4) is 0 Å². The van der Waals surface area contributed by atoms with Crippen LogP contribution in [0.25, 0.3) is 0 Å². The average Bonchev–Trinajstić information content (AvgIpc) is 2.87. The summed E-state index contributed by atoms with van der Waals surface area (Å²) in [6.45, 7) is 2.13. The Morgan fingerprint density at radius 2 is 2.11 bits per heavy atom. The van der Waals surface area contributed by atoms with E-state index in [2.05, 4.69) is 30.6 Å². The van der Waals surface area contributed by atoms with E-state index in [0.29, 0.717) is 12.2 Å². The molecule has 19 heavy (non-hydrogen) atoms. The minimum absolute atomic E-state index is 0.0939. The molecule has 0 radical (unpaired) electrons. The highest BCUT2D eigenvalue weighted by atomic mass is 79.9. The average molecular weight is 344 g/mol. The lowest BCUT2D eigenvalue weighted by Gasteiger charge is -2.06. The minimum Gasteiger partial charge on any atom is -0.332 e. The van der Waals surface area contributed by atoms with Crippen LogP contribution in [0.4, 0.5) is 0 Å². The van der Waals surface area contributed by atoms with Crippen LogP contribution < -0.4 is 4.72 Å². The van der Waals surface area contributed by atoms with Crippen LogP contribution >= 0.6 is 15.9 Å². The molecule has 2 rings (SSSR count). The first-order valence-corrected chi connectivity index (χ1v) is 8.07. The van der Waals surface area contributed by atoms with Gasteiger partial charge in [0, 0.05) is 17.4 Å². The Bertz CT molecular complexity index is 667. The summed E-state index contributed by atoms with van der Waals surface area (Å²) < 4.78 is 27.5. The number of nitrogens with zero attached hydrogens (tertiary/aromatic N) is 1. The number of rotatable bonds is 5. The Hall–Kier alpha value is -1.18. The highest BCUT2D eigenvalue weighted by molar-refractivity contribution is 9.10. The van der Waals surface area contributed by atoms with Crippen LogP contribution in [-0.2, 0) is 23.0 Å². The smallest absolute Gasteiger partial charge is 0.257 e. The van der Waals surface area contributed by atoms with E-state index in [-0.39, 0.29) is 11.6 Å². The normalized spacial score (nSPS) is 11.7. The van der Waals surface area contributed by atoms with Crippen LogP contribution in [-0.4, -0.2) is 18.4 Å². The summed E-state index contributed by atoms with van der Waals surface area (Å²) in [5.74, 6) is 0.654. The molecule has 2 N–H and O–H groups in total. The van der Waals surface area contributed by atoms with Crippen molar-refractivity contribution < 1.29 is 8.42 Å². The topological polar surface area (TPSA) is 74.8 Å². The molecule has 102 valence electrons. The van der Waals surface area contributed by atoms with E-state index in [1.54, 1.807) is 0 Å². The van der Waals surface area contributed by atoms with E-state index in [1.807, 2.05) is 31.2 Å². The SMILES string of the molecule is CCc1ncc(S(=O)(=O)NCc2ccccc2Br)[nH]1. The van der Waals surface area contributed by atoms with E-state index < -0.39 is 10.0 Å². The summed E-state index contributed by atoms with van der Waals surface area (Å²) in [7, 11) is -3.55. The van der Waals surface area contributed by atoms with Crippen LogP contribution in [0, 0.1) is 0 Å². The predicted octanol–water partition coefficient (Wildman–Crippen LogP) is 2.21. The molecule has 0 aliphatic carbocycles. The van der Waals surface area contributed by atoms with E-state index in [0.717, 1.165) is 10.0 Å². The molecule has 0 bridgehead atoms. The van der Waals surface area contributed by atoms with E-state index in [1.165, 1.54) is 6.20 Å². The molecule has 0 saturated carbocycles. The van der Waals surface area contributed by atoms with Crippen molar-refractivity contribution in [2.45, 2.75) is 24.9 Å². The Labute approximate surface area is 120 Å². The molecule has 0 fully saturated rings. The molecule has 0 atom stereocenters. The summed E-state index contributed by atoms with van der Waals surface area (Å²) in [5.41, 5.74) is 0.876. The lowest BCUT2D eigenvalue weighted by atomic mass is 10.2. The molecule has 7 heteroatoms. The second-order valence-electron chi connectivity index (χ2n) is 3.96. The second-order valence-corrected chi connectivity index (χ2v) is 6.55. The maximum atomic E-state index is 12.0. The van der Waals surface area contributed by atoms with Crippen LogP contribution in [0.15, 0.2) is 40.0 Å². The maximum absolute atomic E-state index is 12.0. The third-order valence-corrected chi connectivity index (χ3v) is 4.72. The zero-order valence-corrected chi connectivity index (χ0v) is 12.8. The molecule has 0 amide bonds. The number of benzene rings is 1. The monoisotopic (exact) mass is 343 g/mol. The number of imidazole rings is 1. The third kappa shape index (κ3) is 3.43. The number of hydrogen-bond donors (Lipinski definition) is 2. The van der Waals surface area contributed by atoms with Gasteiger partial charge < -0.3 is 4.98 Å². The molecule has 0 unspecified atom stereocenters. The zero-order chi connectivity index (χ0) is 13.9. The molecule has 0 aliphatic heterocycles. The number of aromatic amines is 1. The molecule has 0 saturated heterocycles. The first-order valence-electron chi connectivity index (χ1n) is 5.80. The lowest BCUT2D eigenvalue weighted by molar-refractivity contribution is 0.577. The van der Waals surface area contributed by atoms with E-state index >= 15 is 0 Å². The molecule has 1 heterocycles. The highest BCUT2D eigenvalue weighted by Gasteiger charge is 2.16. The Morgan fingerprint density at radius 3 is 2.74 bits per heavy atom. The van der Waals surface area contributed by atoms with Gasteiger partial charge in [0.15, 0.2) is 5.03 Å². The van der Waals surface area contributed by atoms with Crippen LogP contribution in [0.1, 0.15) is 18.3 Å². The van der Waals surface area contributed by atoms with Crippen molar-refractivity contribution in [3.8, 4) is 0 Å². The minimum atomic E-state index is -3.55. The fraction of sp³-hybridized carbons (Fsp3) is 0.250. The first kappa shape index (κ1) is 14.2. The summed E-state index contributed by atoms with van der Waals surface area (Å²) in [6, 6.07) is 7.47. The Morgan fingerprint density at radius 1 is 1.37 bits per heavy atom. The van der Waals surface area contributed by atoms with Crippen molar-refractivity contribution in [1.29, 1.82) is 0 Å². The third-order valence-electron chi connectivity index (χ3n) is 2.64. The number of sulfonamides is 1. The molecular weight excluding hydrogens is 330 g/mol. The van der Waals surface area contributed by atoms with Gasteiger partial charge in [0.1, 0.15) is 5.82 Å². The van der Waals surface area contributed by atoms with Gasteiger partial charge in [-0.2, -0.15) is 0 Å². The molecule has 2 aromatic rings. The second kappa shape index (κ2) is 5.85. The van der Waals surface area contributed by atoms with E-state index in [9.17, 15) is 8.42 Å². The van der Waals surface area contributed by atoms with Gasteiger partial charge in [-0.1, -0.05) is 41.1 Å². The van der Waals surface area contributed by atoms with Gasteiger partial charge in [-0.3, -0.25) is 0 Å². The van der Waals surface area contributed by atoms with Gasteiger partial charge in [0.2, 0.25) is 0 Å². The zero-order valence-electron chi connectivity index (χ0n) is 10.4. The summed E-state index contributed by atoms with van der Waals surface area (Å²) in [4.78, 5) is 6.77. The number of aryl methyl sites for hydroxylation is 1. The van der Waals surface area contributed by atoms with E-state index in [4.69, 9.17) is 0 Å². The fourth-order valence-electron chi connectivity index (χ4n) is 1.55. The van der Waals surface area contributed by atoms with Gasteiger partial charge >= 0.3 is 0 Å². The van der Waals surface area contributed by atoms with Crippen molar-refractivity contribution in [2.75, 3.05) is 0 Å². The van der Waals surface area contributed by atoms with Crippen molar-refractivity contribution >= 4 is 26.0 Å². The lowest BCUT2D eigenvalue weighted by Crippen LogP contribution is -2.23. The number of aromatic nitrogens is 2. The highest BCUT2D eigenvalue weighted by Crippen LogP contribution is 2.16. The number of hydrogen-bond acceptors (Lipinski definition) is 3. The molecule has 1 aromatic heterocycles. The quantitative estimate of drug-likeness (QED) is 0.873. The summed E-state index contributed by atoms with van der Waals surface area (Å²) in [6.07, 6.45) is 2.00. The number of nitrogens with one attached hydrogen (secondary N) is 2. The van der Waals surface area contributed by atoms with Gasteiger partial charge in [0.25, 0.3) is 10.0 Å². The molecule has 0 aliphatic rings. The fourth-order valence-corrected chi connectivity index (χ4v) is 2.92. The summed E-state index contributed by atoms with van der Waals surface area (Å²) >= 11 is 3.38. The predicted molar refractivity (Wildman–Crippen MR) is 76.1 cm³/mol. The van der Waals surface area contributed by atoms with Crippen LogP contribution in [0.2, 0.25) is 0 Å². The largest absolute Gasteiger partial charge is 0.332 e. The maximum Gasteiger partial charge on any atom is 0.257 e. The first-order chi connectivity index (χ1) is 9.03. The molecule has 1 aromatic carbocycles. The summed E-state index contributed by atoms with van der Waals surface area (Å²) in [5, 5.41) is 0.0939. The number of H-pyrrole nitrogens is 1. The van der Waals surface area contributed by atoms with Crippen molar-refractivity contribution in [3.05, 3.63) is 46.3 Å². The molecule has 0 spiro atoms.